The number of carbonyl (C=O) groups is 1. The summed E-state index contributed by atoms with van der Waals surface area (Å²) in [5.41, 5.74) is 1.14. The third-order valence-corrected chi connectivity index (χ3v) is 4.41. The van der Waals surface area contributed by atoms with Crippen molar-refractivity contribution in [2.75, 3.05) is 21.3 Å². The van der Waals surface area contributed by atoms with Gasteiger partial charge >= 0.3 is 5.97 Å². The third kappa shape index (κ3) is 4.15. The Bertz CT molecular complexity index is 1040. The second-order valence-electron chi connectivity index (χ2n) is 6.20. The van der Waals surface area contributed by atoms with Gasteiger partial charge in [0.1, 0.15) is 22.8 Å². The van der Waals surface area contributed by atoms with E-state index in [0.29, 0.717) is 41.9 Å². The molecule has 1 aromatic carbocycles. The molecule has 0 unspecified atom stereocenters. The van der Waals surface area contributed by atoms with Crippen LogP contribution in [0.3, 0.4) is 0 Å². The van der Waals surface area contributed by atoms with Gasteiger partial charge in [0, 0.05) is 0 Å². The summed E-state index contributed by atoms with van der Waals surface area (Å²) in [6, 6.07) is 9.11. The van der Waals surface area contributed by atoms with Crippen molar-refractivity contribution in [1.29, 1.82) is 0 Å². The highest BCUT2D eigenvalue weighted by atomic mass is 32.1. The van der Waals surface area contributed by atoms with Crippen LogP contribution in [0, 0.1) is 11.8 Å². The molecular weight excluding hydrogens is 382 g/mol. The molecule has 148 valence electrons. The van der Waals surface area contributed by atoms with E-state index >= 15 is 0 Å². The predicted octanol–water partition coefficient (Wildman–Crippen LogP) is 3.66. The number of aryl methyl sites for hydroxylation is 1. The molecule has 8 nitrogen and oxygen atoms in total. The van der Waals surface area contributed by atoms with Gasteiger partial charge in [-0.1, -0.05) is 12.1 Å². The molecule has 3 rings (SSSR count). The number of nitrogens with zero attached hydrogens (tertiary/aromatic N) is 3. The Labute approximate surface area is 167 Å². The van der Waals surface area contributed by atoms with Crippen LogP contribution in [0.1, 0.15) is 21.9 Å². The van der Waals surface area contributed by atoms with E-state index in [1.54, 1.807) is 24.8 Å². The highest BCUT2D eigenvalue weighted by Crippen LogP contribution is 2.28. The van der Waals surface area contributed by atoms with Crippen molar-refractivity contribution in [2.24, 2.45) is 0 Å². The zero-order chi connectivity index (χ0) is 20.3. The van der Waals surface area contributed by atoms with Crippen LogP contribution in [0.5, 0.6) is 5.75 Å². The Morgan fingerprint density at radius 2 is 2.04 bits per heavy atom. The maximum atomic E-state index is 11.7. The smallest absolute Gasteiger partial charge is 0.341 e. The molecule has 0 aliphatic rings. The minimum absolute atomic E-state index is 0.249. The summed E-state index contributed by atoms with van der Waals surface area (Å²) in [5, 5.41) is 4.45. The Kier molecular flexibility index (Phi) is 5.96. The van der Waals surface area contributed by atoms with Crippen LogP contribution < -0.4 is 4.74 Å². The largest absolute Gasteiger partial charge is 0.496 e. The molecule has 0 fully saturated rings. The second kappa shape index (κ2) is 8.41. The molecule has 0 amide bonds. The number of ether oxygens (including phenoxy) is 2. The van der Waals surface area contributed by atoms with Gasteiger partial charge < -0.3 is 18.3 Å². The molecular formula is C19H21N3O5S. The van der Waals surface area contributed by atoms with Gasteiger partial charge in [-0.2, -0.15) is 0 Å². The number of carbonyl (C=O) groups excluding carboxylic acids is 1. The maximum absolute atomic E-state index is 11.7. The van der Waals surface area contributed by atoms with E-state index in [4.69, 9.17) is 30.5 Å². The average Bonchev–Trinajstić information content (AvgIpc) is 3.23. The minimum Gasteiger partial charge on any atom is -0.496 e. The first kappa shape index (κ1) is 19.8. The lowest BCUT2D eigenvalue weighted by molar-refractivity contribution is 0.0599. The van der Waals surface area contributed by atoms with E-state index in [9.17, 15) is 4.79 Å². The first-order valence-corrected chi connectivity index (χ1v) is 8.91. The summed E-state index contributed by atoms with van der Waals surface area (Å²) >= 11 is 5.29. The molecule has 0 saturated heterocycles. The Morgan fingerprint density at radius 3 is 2.75 bits per heavy atom. The summed E-state index contributed by atoms with van der Waals surface area (Å²) in [7, 11) is 4.81. The van der Waals surface area contributed by atoms with E-state index in [-0.39, 0.29) is 4.84 Å². The van der Waals surface area contributed by atoms with Crippen molar-refractivity contribution in [1.82, 2.24) is 14.7 Å². The number of esters is 1. The molecule has 0 spiro atoms. The SMILES string of the molecule is COC(=O)c1cc(CN(C)Cn2nc(-c3ccccc3OC)oc2=S)oc1C. The van der Waals surface area contributed by atoms with E-state index in [2.05, 4.69) is 5.10 Å². The molecule has 3 aromatic rings. The first-order valence-electron chi connectivity index (χ1n) is 8.50. The van der Waals surface area contributed by atoms with Crippen LogP contribution >= 0.6 is 12.2 Å². The van der Waals surface area contributed by atoms with Crippen LogP contribution in [-0.2, 0) is 18.0 Å². The van der Waals surface area contributed by atoms with Crippen molar-refractivity contribution in [3.8, 4) is 17.2 Å². The van der Waals surface area contributed by atoms with Gasteiger partial charge in [0.2, 0.25) is 0 Å². The van der Waals surface area contributed by atoms with Crippen molar-refractivity contribution < 1.29 is 23.1 Å². The number of rotatable bonds is 7. The fraction of sp³-hybridized carbons (Fsp3) is 0.316. The number of methoxy groups -OCH3 is 2. The Balaban J connectivity index is 1.75. The number of hydrogen-bond donors (Lipinski definition) is 0. The van der Waals surface area contributed by atoms with Crippen molar-refractivity contribution in [3.05, 3.63) is 52.3 Å². The van der Waals surface area contributed by atoms with Crippen LogP contribution in [0.15, 0.2) is 39.2 Å². The van der Waals surface area contributed by atoms with Gasteiger partial charge in [0.25, 0.3) is 10.7 Å². The summed E-state index contributed by atoms with van der Waals surface area (Å²) in [5.74, 6) is 1.78. The zero-order valence-electron chi connectivity index (χ0n) is 16.1. The van der Waals surface area contributed by atoms with Gasteiger partial charge in [-0.3, -0.25) is 4.90 Å². The number of para-hydroxylation sites is 1. The molecule has 2 heterocycles. The number of aromatic nitrogens is 2. The van der Waals surface area contributed by atoms with Gasteiger partial charge in [-0.25, -0.2) is 9.48 Å². The molecule has 0 aliphatic heterocycles. The number of benzene rings is 1. The van der Waals surface area contributed by atoms with Crippen molar-refractivity contribution in [3.63, 3.8) is 0 Å². The van der Waals surface area contributed by atoms with Crippen LogP contribution in [0.4, 0.5) is 0 Å². The average molecular weight is 403 g/mol. The molecule has 0 N–H and O–H groups in total. The van der Waals surface area contributed by atoms with Crippen molar-refractivity contribution in [2.45, 2.75) is 20.1 Å². The van der Waals surface area contributed by atoms with Crippen LogP contribution in [-0.4, -0.2) is 41.9 Å². The highest BCUT2D eigenvalue weighted by Gasteiger charge is 2.17. The van der Waals surface area contributed by atoms with Gasteiger partial charge in [-0.15, -0.1) is 5.10 Å². The van der Waals surface area contributed by atoms with E-state index in [1.807, 2.05) is 36.2 Å². The summed E-state index contributed by atoms with van der Waals surface area (Å²) in [4.78, 5) is 13.9. The number of furan rings is 1. The van der Waals surface area contributed by atoms with E-state index in [0.717, 1.165) is 5.56 Å². The molecule has 2 aromatic heterocycles. The van der Waals surface area contributed by atoms with Gasteiger partial charge in [0.05, 0.1) is 33.0 Å². The zero-order valence-corrected chi connectivity index (χ0v) is 16.9. The quantitative estimate of drug-likeness (QED) is 0.437. The van der Waals surface area contributed by atoms with Gasteiger partial charge in [0.15, 0.2) is 0 Å². The molecule has 28 heavy (non-hydrogen) atoms. The lowest BCUT2D eigenvalue weighted by Crippen LogP contribution is -2.22. The highest BCUT2D eigenvalue weighted by molar-refractivity contribution is 7.71. The molecule has 0 aliphatic carbocycles. The summed E-state index contributed by atoms with van der Waals surface area (Å²) < 4.78 is 23.0. The summed E-state index contributed by atoms with van der Waals surface area (Å²) in [6.07, 6.45) is 0. The van der Waals surface area contributed by atoms with E-state index in [1.165, 1.54) is 7.11 Å². The minimum atomic E-state index is -0.421. The first-order chi connectivity index (χ1) is 13.4. The van der Waals surface area contributed by atoms with Crippen molar-refractivity contribution >= 4 is 18.2 Å². The molecule has 0 saturated carbocycles. The predicted molar refractivity (Wildman–Crippen MR) is 104 cm³/mol. The third-order valence-electron chi connectivity index (χ3n) is 4.12. The Hall–Kier alpha value is -2.91. The topological polar surface area (TPSA) is 82.9 Å². The van der Waals surface area contributed by atoms with Gasteiger partial charge in [-0.05, 0) is 44.4 Å². The standard InChI is InChI=1S/C19H21N3O5S/c1-12-15(18(23)25-4)9-13(26-12)10-21(2)11-22-19(28)27-17(20-22)14-7-5-6-8-16(14)24-3/h5-9H,10-11H2,1-4H3. The summed E-state index contributed by atoms with van der Waals surface area (Å²) in [6.45, 7) is 2.56. The van der Waals surface area contributed by atoms with Crippen LogP contribution in [0.2, 0.25) is 0 Å². The van der Waals surface area contributed by atoms with E-state index < -0.39 is 5.97 Å². The Morgan fingerprint density at radius 1 is 1.29 bits per heavy atom. The fourth-order valence-corrected chi connectivity index (χ4v) is 2.98. The molecule has 0 bridgehead atoms. The lowest BCUT2D eigenvalue weighted by Gasteiger charge is -2.14. The molecule has 0 radical (unpaired) electrons. The number of hydrogen-bond acceptors (Lipinski definition) is 8. The fourth-order valence-electron chi connectivity index (χ4n) is 2.80. The molecule has 0 atom stereocenters. The normalized spacial score (nSPS) is 11.0. The monoisotopic (exact) mass is 403 g/mol. The second-order valence-corrected chi connectivity index (χ2v) is 6.55. The lowest BCUT2D eigenvalue weighted by atomic mass is 10.2. The van der Waals surface area contributed by atoms with Crippen LogP contribution in [0.25, 0.3) is 11.5 Å². The molecule has 9 heteroatoms. The maximum Gasteiger partial charge on any atom is 0.341 e.